The summed E-state index contributed by atoms with van der Waals surface area (Å²) < 4.78 is 0. The van der Waals surface area contributed by atoms with Gasteiger partial charge in [-0.05, 0) is 37.4 Å². The zero-order valence-electron chi connectivity index (χ0n) is 16.5. The summed E-state index contributed by atoms with van der Waals surface area (Å²) in [5.41, 5.74) is 3.55. The minimum absolute atomic E-state index is 0.113. The Labute approximate surface area is 165 Å². The van der Waals surface area contributed by atoms with E-state index in [1.165, 1.54) is 0 Å². The lowest BCUT2D eigenvalue weighted by molar-refractivity contribution is 0.0948. The number of benzene rings is 1. The Morgan fingerprint density at radius 3 is 2.61 bits per heavy atom. The minimum atomic E-state index is -0.252. The Bertz CT molecular complexity index is 811. The molecule has 150 valence electrons. The van der Waals surface area contributed by atoms with Crippen LogP contribution in [0.3, 0.4) is 0 Å². The van der Waals surface area contributed by atoms with Gasteiger partial charge in [0, 0.05) is 55.1 Å². The van der Waals surface area contributed by atoms with Gasteiger partial charge in [-0.25, -0.2) is 0 Å². The molecule has 0 aliphatic carbocycles. The first-order valence-corrected chi connectivity index (χ1v) is 9.81. The van der Waals surface area contributed by atoms with Crippen molar-refractivity contribution < 1.29 is 9.59 Å². The largest absolute Gasteiger partial charge is 0.351 e. The van der Waals surface area contributed by atoms with Gasteiger partial charge in [-0.2, -0.15) is 5.10 Å². The number of fused-ring (bicyclic) bond motifs is 1. The van der Waals surface area contributed by atoms with E-state index >= 15 is 0 Å². The number of rotatable bonds is 8. The van der Waals surface area contributed by atoms with Crippen LogP contribution in [-0.4, -0.2) is 59.6 Å². The summed E-state index contributed by atoms with van der Waals surface area (Å²) in [4.78, 5) is 27.0. The molecule has 1 aromatic heterocycles. The maximum atomic E-state index is 12.5. The van der Waals surface area contributed by atoms with E-state index in [4.69, 9.17) is 0 Å². The Kier molecular flexibility index (Phi) is 6.78. The topological polar surface area (TPSA) is 102 Å². The molecule has 3 rings (SSSR count). The number of hydrogen-bond acceptors (Lipinski definition) is 5. The Hall–Kier alpha value is -2.71. The van der Waals surface area contributed by atoms with Gasteiger partial charge in [0.25, 0.3) is 11.8 Å². The molecule has 2 aromatic rings. The molecule has 28 heavy (non-hydrogen) atoms. The summed E-state index contributed by atoms with van der Waals surface area (Å²) in [5, 5.41) is 16.1. The number of aromatic amines is 1. The summed E-state index contributed by atoms with van der Waals surface area (Å²) in [6.07, 6.45) is 0.841. The van der Waals surface area contributed by atoms with Crippen molar-refractivity contribution in [3.63, 3.8) is 0 Å². The highest BCUT2D eigenvalue weighted by Crippen LogP contribution is 2.17. The van der Waals surface area contributed by atoms with Crippen LogP contribution in [0, 0.1) is 0 Å². The lowest BCUT2D eigenvalue weighted by Crippen LogP contribution is -2.34. The number of carbonyl (C=O) groups excluding carboxylic acids is 2. The summed E-state index contributed by atoms with van der Waals surface area (Å²) >= 11 is 0. The normalized spacial score (nSPS) is 13.2. The fourth-order valence-electron chi connectivity index (χ4n) is 3.28. The van der Waals surface area contributed by atoms with Gasteiger partial charge in [-0.15, -0.1) is 0 Å². The van der Waals surface area contributed by atoms with E-state index < -0.39 is 0 Å². The molecule has 1 aliphatic rings. The van der Waals surface area contributed by atoms with Crippen molar-refractivity contribution in [2.75, 3.05) is 38.0 Å². The monoisotopic (exact) mass is 384 g/mol. The Morgan fingerprint density at radius 1 is 1.14 bits per heavy atom. The van der Waals surface area contributed by atoms with Crippen molar-refractivity contribution in [3.05, 3.63) is 46.8 Å². The number of anilines is 1. The van der Waals surface area contributed by atoms with E-state index in [2.05, 4.69) is 44.9 Å². The van der Waals surface area contributed by atoms with Crippen molar-refractivity contribution >= 4 is 17.5 Å². The second-order valence-electron chi connectivity index (χ2n) is 6.77. The molecule has 0 fully saturated rings. The fourth-order valence-corrected chi connectivity index (χ4v) is 3.28. The van der Waals surface area contributed by atoms with Crippen LogP contribution in [0.25, 0.3) is 0 Å². The molecular formula is C20H28N6O2. The van der Waals surface area contributed by atoms with Crippen LogP contribution in [0.4, 0.5) is 5.69 Å². The van der Waals surface area contributed by atoms with E-state index in [0.717, 1.165) is 43.9 Å². The quantitative estimate of drug-likeness (QED) is 0.551. The number of hydrogen-bond donors (Lipinski definition) is 4. The molecular weight excluding hydrogens is 356 g/mol. The maximum absolute atomic E-state index is 12.5. The second-order valence-corrected chi connectivity index (χ2v) is 6.77. The van der Waals surface area contributed by atoms with Crippen LogP contribution in [0.1, 0.15) is 46.0 Å². The van der Waals surface area contributed by atoms with Gasteiger partial charge in [0.15, 0.2) is 5.69 Å². The van der Waals surface area contributed by atoms with Gasteiger partial charge in [-0.1, -0.05) is 13.8 Å². The molecule has 4 N–H and O–H groups in total. The predicted octanol–water partition coefficient (Wildman–Crippen LogP) is 1.38. The van der Waals surface area contributed by atoms with Crippen molar-refractivity contribution in [1.82, 2.24) is 25.7 Å². The zero-order chi connectivity index (χ0) is 19.9. The average molecular weight is 384 g/mol. The SMILES string of the molecule is CCN(CC)CCNC(=O)c1ccc(NC(=O)c2n[nH]c3c2CNCC3)cc1. The van der Waals surface area contributed by atoms with Crippen LogP contribution in [-0.2, 0) is 13.0 Å². The summed E-state index contributed by atoms with van der Waals surface area (Å²) in [7, 11) is 0. The zero-order valence-corrected chi connectivity index (χ0v) is 16.5. The van der Waals surface area contributed by atoms with Gasteiger partial charge < -0.3 is 20.9 Å². The van der Waals surface area contributed by atoms with E-state index in [1.807, 2.05) is 0 Å². The summed E-state index contributed by atoms with van der Waals surface area (Å²) in [5.74, 6) is -0.366. The Balaban J connectivity index is 1.55. The van der Waals surface area contributed by atoms with Crippen LogP contribution in [0.5, 0.6) is 0 Å². The van der Waals surface area contributed by atoms with Crippen molar-refractivity contribution in [3.8, 4) is 0 Å². The van der Waals surface area contributed by atoms with Crippen molar-refractivity contribution in [1.29, 1.82) is 0 Å². The number of likely N-dealkylation sites (N-methyl/N-ethyl adjacent to an activating group) is 1. The lowest BCUT2D eigenvalue weighted by atomic mass is 10.1. The molecule has 8 nitrogen and oxygen atoms in total. The molecule has 0 unspecified atom stereocenters. The first kappa shape index (κ1) is 20.0. The van der Waals surface area contributed by atoms with Gasteiger partial charge in [-0.3, -0.25) is 14.7 Å². The van der Waals surface area contributed by atoms with Crippen LogP contribution >= 0.6 is 0 Å². The highest BCUT2D eigenvalue weighted by atomic mass is 16.2. The maximum Gasteiger partial charge on any atom is 0.276 e. The molecule has 0 radical (unpaired) electrons. The van der Waals surface area contributed by atoms with Crippen molar-refractivity contribution in [2.45, 2.75) is 26.8 Å². The number of amides is 2. The first-order chi connectivity index (χ1) is 13.6. The standard InChI is InChI=1S/C20H28N6O2/c1-3-26(4-2)12-11-22-19(27)14-5-7-15(8-6-14)23-20(28)18-16-13-21-10-9-17(16)24-25-18/h5-8,21H,3-4,9-13H2,1-2H3,(H,22,27)(H,23,28)(H,24,25). The highest BCUT2D eigenvalue weighted by Gasteiger charge is 2.21. The molecule has 0 saturated carbocycles. The number of nitrogens with one attached hydrogen (secondary N) is 4. The summed E-state index contributed by atoms with van der Waals surface area (Å²) in [6.45, 7) is 9.11. The molecule has 1 aromatic carbocycles. The molecule has 0 bridgehead atoms. The Morgan fingerprint density at radius 2 is 1.89 bits per heavy atom. The fraction of sp³-hybridized carbons (Fsp3) is 0.450. The first-order valence-electron chi connectivity index (χ1n) is 9.81. The predicted molar refractivity (Wildman–Crippen MR) is 109 cm³/mol. The van der Waals surface area contributed by atoms with Crippen LogP contribution in [0.15, 0.2) is 24.3 Å². The smallest absolute Gasteiger partial charge is 0.276 e. The molecule has 1 aliphatic heterocycles. The number of aromatic nitrogens is 2. The third-order valence-corrected chi connectivity index (χ3v) is 5.03. The highest BCUT2D eigenvalue weighted by molar-refractivity contribution is 6.04. The molecule has 0 saturated heterocycles. The molecule has 8 heteroatoms. The van der Waals surface area contributed by atoms with Crippen molar-refractivity contribution in [2.24, 2.45) is 0 Å². The molecule has 0 atom stereocenters. The van der Waals surface area contributed by atoms with Gasteiger partial charge in [0.05, 0.1) is 0 Å². The average Bonchev–Trinajstić information content (AvgIpc) is 3.16. The minimum Gasteiger partial charge on any atom is -0.351 e. The second kappa shape index (κ2) is 9.48. The molecule has 0 spiro atoms. The van der Waals surface area contributed by atoms with Gasteiger partial charge >= 0.3 is 0 Å². The number of H-pyrrole nitrogens is 1. The lowest BCUT2D eigenvalue weighted by Gasteiger charge is -2.18. The van der Waals surface area contributed by atoms with Crippen LogP contribution < -0.4 is 16.0 Å². The third kappa shape index (κ3) is 4.76. The van der Waals surface area contributed by atoms with E-state index in [9.17, 15) is 9.59 Å². The molecule has 2 heterocycles. The summed E-state index contributed by atoms with van der Waals surface area (Å²) in [6, 6.07) is 6.89. The van der Waals surface area contributed by atoms with E-state index in [-0.39, 0.29) is 11.8 Å². The van der Waals surface area contributed by atoms with E-state index in [1.54, 1.807) is 24.3 Å². The van der Waals surface area contributed by atoms with Gasteiger partial charge in [0.1, 0.15) is 0 Å². The van der Waals surface area contributed by atoms with E-state index in [0.29, 0.717) is 30.0 Å². The third-order valence-electron chi connectivity index (χ3n) is 5.03. The number of carbonyl (C=O) groups is 2. The van der Waals surface area contributed by atoms with Gasteiger partial charge in [0.2, 0.25) is 0 Å². The number of nitrogens with zero attached hydrogens (tertiary/aromatic N) is 2. The molecule has 2 amide bonds. The van der Waals surface area contributed by atoms with Crippen LogP contribution in [0.2, 0.25) is 0 Å².